The van der Waals surface area contributed by atoms with Crippen molar-refractivity contribution in [2.24, 2.45) is 0 Å². The number of carbonyl (C=O) groups is 4. The highest BCUT2D eigenvalue weighted by Crippen LogP contribution is 2.42. The van der Waals surface area contributed by atoms with Gasteiger partial charge in [-0.3, -0.25) is 0 Å². The summed E-state index contributed by atoms with van der Waals surface area (Å²) in [5.74, 6) is -6.42. The lowest BCUT2D eigenvalue weighted by atomic mass is 9.95. The van der Waals surface area contributed by atoms with Crippen LogP contribution in [-0.2, 0) is 19.2 Å². The number of ether oxygens (including phenoxy) is 4. The smallest absolute Gasteiger partial charge is 0.338 e. The zero-order chi connectivity index (χ0) is 35.4. The van der Waals surface area contributed by atoms with Gasteiger partial charge in [-0.1, -0.05) is 38.4 Å². The Morgan fingerprint density at radius 2 is 0.896 bits per heavy atom. The second kappa shape index (κ2) is 14.1. The zero-order valence-corrected chi connectivity index (χ0v) is 26.6. The molecule has 0 saturated carbocycles. The molecule has 244 valence electrons. The second-order valence-electron chi connectivity index (χ2n) is 11.0. The lowest BCUT2D eigenvalue weighted by Gasteiger charge is -2.17. The second-order valence-corrected chi connectivity index (χ2v) is 11.0. The molecule has 0 amide bonds. The molecule has 48 heavy (non-hydrogen) atoms. The summed E-state index contributed by atoms with van der Waals surface area (Å²) in [5.41, 5.74) is 1.17. The summed E-state index contributed by atoms with van der Waals surface area (Å²) in [7, 11) is 0. The van der Waals surface area contributed by atoms with Crippen LogP contribution in [0, 0.1) is 11.6 Å². The molecule has 0 aliphatic carbocycles. The van der Waals surface area contributed by atoms with Gasteiger partial charge in [0.2, 0.25) is 5.82 Å². The molecule has 0 fully saturated rings. The molecule has 0 aromatic heterocycles. The van der Waals surface area contributed by atoms with Crippen LogP contribution in [0.15, 0.2) is 109 Å². The highest BCUT2D eigenvalue weighted by atomic mass is 19.2. The molecule has 0 atom stereocenters. The highest BCUT2D eigenvalue weighted by Gasteiger charge is 2.23. The molecule has 0 heterocycles. The molecule has 8 nitrogen and oxygen atoms in total. The van der Waals surface area contributed by atoms with Gasteiger partial charge in [0, 0.05) is 38.6 Å². The Kier molecular flexibility index (Phi) is 10.2. The van der Waals surface area contributed by atoms with E-state index in [0.717, 1.165) is 6.07 Å². The number of halogens is 2. The van der Waals surface area contributed by atoms with Gasteiger partial charge in [-0.15, -0.1) is 0 Å². The van der Waals surface area contributed by atoms with Crippen molar-refractivity contribution >= 4 is 34.6 Å². The minimum atomic E-state index is -1.44. The van der Waals surface area contributed by atoms with Crippen molar-refractivity contribution in [3.63, 3.8) is 0 Å². The van der Waals surface area contributed by atoms with E-state index < -0.39 is 41.3 Å². The van der Waals surface area contributed by atoms with Crippen molar-refractivity contribution in [1.29, 1.82) is 0 Å². The third kappa shape index (κ3) is 7.61. The number of benzene rings is 4. The summed E-state index contributed by atoms with van der Waals surface area (Å²) in [6.07, 6.45) is 0. The molecular formula is C38H30F2O8. The lowest BCUT2D eigenvalue weighted by molar-refractivity contribution is -0.131. The van der Waals surface area contributed by atoms with E-state index in [-0.39, 0.29) is 61.4 Å². The summed E-state index contributed by atoms with van der Waals surface area (Å²) in [4.78, 5) is 49.4. The number of hydrogen-bond donors (Lipinski definition) is 0. The van der Waals surface area contributed by atoms with Gasteiger partial charge < -0.3 is 18.9 Å². The Hall–Kier alpha value is -6.16. The van der Waals surface area contributed by atoms with Crippen LogP contribution < -0.4 is 18.9 Å². The SMILES string of the molecule is C=C(C)C(=O)Oc1ccc(-c2cc(OC(=O)C(=C)C)c3cc(-c4ccc(OC(=O)C(=C)C)c(F)c4F)cc(OC(=O)C(=C)C)c3c2)cc1. The van der Waals surface area contributed by atoms with Crippen molar-refractivity contribution in [3.8, 4) is 45.3 Å². The van der Waals surface area contributed by atoms with Crippen LogP contribution in [0.25, 0.3) is 33.0 Å². The van der Waals surface area contributed by atoms with Gasteiger partial charge >= 0.3 is 23.9 Å². The number of carbonyl (C=O) groups excluding carboxylic acids is 4. The maximum atomic E-state index is 15.5. The first kappa shape index (κ1) is 34.7. The van der Waals surface area contributed by atoms with Crippen LogP contribution in [0.1, 0.15) is 27.7 Å². The fourth-order valence-electron chi connectivity index (χ4n) is 4.19. The maximum Gasteiger partial charge on any atom is 0.338 e. The standard InChI is InChI=1S/C38H30F2O8/c1-19(2)35(41)45-26-11-9-23(10-12-26)24-15-28-29(31(17-24)47-37(43)21(5)6)16-25(18-32(28)48-38(44)22(7)8)27-13-14-30(34(40)33(27)39)46-36(42)20(3)4/h9-18H,1,3,5,7H2,2,4,6,8H3. The molecule has 0 bridgehead atoms. The predicted octanol–water partition coefficient (Wildman–Crippen LogP) is 8.38. The molecule has 4 aromatic rings. The summed E-state index contributed by atoms with van der Waals surface area (Å²) < 4.78 is 52.2. The minimum Gasteiger partial charge on any atom is -0.423 e. The molecular weight excluding hydrogens is 622 g/mol. The summed E-state index contributed by atoms with van der Waals surface area (Å²) in [5, 5.41) is 0.459. The first-order valence-electron chi connectivity index (χ1n) is 14.3. The van der Waals surface area contributed by atoms with Crippen molar-refractivity contribution in [2.75, 3.05) is 0 Å². The van der Waals surface area contributed by atoms with Gasteiger partial charge in [0.25, 0.3) is 0 Å². The molecule has 10 heteroatoms. The minimum absolute atomic E-state index is 0.0178. The van der Waals surface area contributed by atoms with Crippen LogP contribution >= 0.6 is 0 Å². The van der Waals surface area contributed by atoms with E-state index in [1.54, 1.807) is 30.3 Å². The van der Waals surface area contributed by atoms with Crippen molar-refractivity contribution in [3.05, 3.63) is 121 Å². The topological polar surface area (TPSA) is 105 Å². The van der Waals surface area contributed by atoms with Gasteiger partial charge in [-0.25, -0.2) is 23.6 Å². The van der Waals surface area contributed by atoms with E-state index in [1.807, 2.05) is 0 Å². The molecule has 0 aliphatic heterocycles. The van der Waals surface area contributed by atoms with Crippen LogP contribution in [0.2, 0.25) is 0 Å². The van der Waals surface area contributed by atoms with E-state index in [1.165, 1.54) is 52.0 Å². The third-order valence-electron chi connectivity index (χ3n) is 6.75. The molecule has 0 radical (unpaired) electrons. The molecule has 0 spiro atoms. The Morgan fingerprint density at radius 1 is 0.479 bits per heavy atom. The Bertz CT molecular complexity index is 2070. The molecule has 0 saturated heterocycles. The van der Waals surface area contributed by atoms with Gasteiger partial charge in [-0.2, -0.15) is 4.39 Å². The van der Waals surface area contributed by atoms with E-state index in [2.05, 4.69) is 26.3 Å². The predicted molar refractivity (Wildman–Crippen MR) is 177 cm³/mol. The van der Waals surface area contributed by atoms with Crippen LogP contribution in [0.4, 0.5) is 8.78 Å². The third-order valence-corrected chi connectivity index (χ3v) is 6.75. The fourth-order valence-corrected chi connectivity index (χ4v) is 4.19. The molecule has 0 aliphatic rings. The van der Waals surface area contributed by atoms with Crippen LogP contribution in [0.5, 0.6) is 23.0 Å². The Labute approximate surface area is 275 Å². The molecule has 0 unspecified atom stereocenters. The highest BCUT2D eigenvalue weighted by molar-refractivity contribution is 6.03. The Balaban J connectivity index is 1.96. The van der Waals surface area contributed by atoms with Gasteiger partial charge in [0.15, 0.2) is 11.6 Å². The molecule has 4 aromatic carbocycles. The van der Waals surface area contributed by atoms with Gasteiger partial charge in [-0.05, 0) is 92.9 Å². The maximum absolute atomic E-state index is 15.5. The molecule has 0 N–H and O–H groups in total. The number of rotatable bonds is 10. The monoisotopic (exact) mass is 652 g/mol. The van der Waals surface area contributed by atoms with E-state index in [4.69, 9.17) is 18.9 Å². The van der Waals surface area contributed by atoms with Gasteiger partial charge in [0.1, 0.15) is 17.2 Å². The first-order valence-corrected chi connectivity index (χ1v) is 14.3. The summed E-state index contributed by atoms with van der Waals surface area (Å²) in [6.45, 7) is 20.0. The average molecular weight is 653 g/mol. The fraction of sp³-hybridized carbons (Fsp3) is 0.105. The Morgan fingerprint density at radius 3 is 1.38 bits per heavy atom. The lowest BCUT2D eigenvalue weighted by Crippen LogP contribution is -2.11. The zero-order valence-electron chi connectivity index (χ0n) is 26.6. The van der Waals surface area contributed by atoms with Crippen molar-refractivity contribution in [1.82, 2.24) is 0 Å². The van der Waals surface area contributed by atoms with Crippen LogP contribution in [0.3, 0.4) is 0 Å². The van der Waals surface area contributed by atoms with Crippen molar-refractivity contribution in [2.45, 2.75) is 27.7 Å². The van der Waals surface area contributed by atoms with Gasteiger partial charge in [0.05, 0.1) is 0 Å². The average Bonchev–Trinajstić information content (AvgIpc) is 3.03. The van der Waals surface area contributed by atoms with E-state index >= 15 is 8.78 Å². The largest absolute Gasteiger partial charge is 0.423 e. The number of esters is 4. The summed E-state index contributed by atoms with van der Waals surface area (Å²) >= 11 is 0. The van der Waals surface area contributed by atoms with Crippen LogP contribution in [-0.4, -0.2) is 23.9 Å². The first-order chi connectivity index (χ1) is 22.6. The quantitative estimate of drug-likeness (QED) is 0.0956. The molecule has 4 rings (SSSR count). The summed E-state index contributed by atoms with van der Waals surface area (Å²) in [6, 6.07) is 14.6. The number of hydrogen-bond acceptors (Lipinski definition) is 8. The van der Waals surface area contributed by atoms with Crippen molar-refractivity contribution < 1.29 is 46.9 Å². The van der Waals surface area contributed by atoms with E-state index in [9.17, 15) is 19.2 Å². The number of fused-ring (bicyclic) bond motifs is 1. The normalized spacial score (nSPS) is 10.5. The van der Waals surface area contributed by atoms with E-state index in [0.29, 0.717) is 11.1 Å².